The van der Waals surface area contributed by atoms with Crippen LogP contribution < -0.4 is 10.5 Å². The largest absolute Gasteiger partial charge is 0.465 e. The minimum atomic E-state index is -3.95. The molecule has 10 nitrogen and oxygen atoms in total. The highest BCUT2D eigenvalue weighted by molar-refractivity contribution is 7.89. The molecule has 0 spiro atoms. The minimum absolute atomic E-state index is 0.0301. The van der Waals surface area contributed by atoms with Crippen molar-refractivity contribution in [1.82, 2.24) is 4.98 Å². The van der Waals surface area contributed by atoms with E-state index < -0.39 is 34.5 Å². The number of sulfonamides is 1. The molecule has 0 saturated heterocycles. The van der Waals surface area contributed by atoms with E-state index in [2.05, 4.69) is 15.0 Å². The smallest absolute Gasteiger partial charge is 0.355 e. The van der Waals surface area contributed by atoms with Gasteiger partial charge >= 0.3 is 11.9 Å². The SMILES string of the molecule is COC(=O)c1c(C)[nH]c(C(=O)OCC(=O)Nc2ccc(C)c(S(N)(=O)=O)c2)c1C. The Kier molecular flexibility index (Phi) is 6.44. The molecule has 11 heteroatoms. The normalized spacial score (nSPS) is 11.1. The number of aromatic nitrogens is 1. The number of anilines is 1. The lowest BCUT2D eigenvalue weighted by atomic mass is 10.1. The van der Waals surface area contributed by atoms with Gasteiger partial charge in [0.05, 0.1) is 17.6 Å². The van der Waals surface area contributed by atoms with Crippen LogP contribution in [0.3, 0.4) is 0 Å². The summed E-state index contributed by atoms with van der Waals surface area (Å²) in [6.45, 7) is 4.09. The predicted octanol–water partition coefficient (Wildman–Crippen LogP) is 1.17. The second-order valence-corrected chi connectivity index (χ2v) is 7.80. The maximum atomic E-state index is 12.2. The molecule has 1 heterocycles. The number of primary sulfonamides is 1. The molecule has 0 atom stereocenters. The van der Waals surface area contributed by atoms with Crippen LogP contribution >= 0.6 is 0 Å². The maximum Gasteiger partial charge on any atom is 0.355 e. The zero-order valence-corrected chi connectivity index (χ0v) is 17.1. The number of nitrogens with two attached hydrogens (primary N) is 1. The van der Waals surface area contributed by atoms with Gasteiger partial charge in [0.1, 0.15) is 5.69 Å². The molecular formula is C18H21N3O7S. The Morgan fingerprint density at radius 2 is 1.79 bits per heavy atom. The standard InChI is InChI=1S/C18H21N3O7S/c1-9-5-6-12(7-13(9)29(19,25)26)21-14(22)8-28-18(24)16-10(2)15(11(3)20-16)17(23)27-4/h5-7,20H,8H2,1-4H3,(H,21,22)(H2,19,25,26). The third kappa shape index (κ3) is 5.00. The lowest BCUT2D eigenvalue weighted by Gasteiger charge is -2.09. The summed E-state index contributed by atoms with van der Waals surface area (Å²) in [5.74, 6) is -2.11. The van der Waals surface area contributed by atoms with Gasteiger partial charge in [0.2, 0.25) is 10.0 Å². The van der Waals surface area contributed by atoms with Crippen LogP contribution in [0.5, 0.6) is 0 Å². The highest BCUT2D eigenvalue weighted by Crippen LogP contribution is 2.20. The first-order valence-electron chi connectivity index (χ1n) is 8.33. The highest BCUT2D eigenvalue weighted by atomic mass is 32.2. The van der Waals surface area contributed by atoms with E-state index in [1.165, 1.54) is 25.3 Å². The summed E-state index contributed by atoms with van der Waals surface area (Å²) in [7, 11) is -2.72. The zero-order valence-electron chi connectivity index (χ0n) is 16.3. The van der Waals surface area contributed by atoms with Gasteiger partial charge in [-0.05, 0) is 44.0 Å². The summed E-state index contributed by atoms with van der Waals surface area (Å²) < 4.78 is 32.7. The van der Waals surface area contributed by atoms with Crippen molar-refractivity contribution in [3.63, 3.8) is 0 Å². The van der Waals surface area contributed by atoms with Crippen LogP contribution in [0, 0.1) is 20.8 Å². The lowest BCUT2D eigenvalue weighted by Crippen LogP contribution is -2.22. The Labute approximate surface area is 167 Å². The van der Waals surface area contributed by atoms with E-state index in [1.54, 1.807) is 20.8 Å². The summed E-state index contributed by atoms with van der Waals surface area (Å²) in [5, 5.41) is 7.56. The van der Waals surface area contributed by atoms with E-state index in [-0.39, 0.29) is 21.8 Å². The number of hydrogen-bond acceptors (Lipinski definition) is 7. The molecule has 156 valence electrons. The van der Waals surface area contributed by atoms with Crippen molar-refractivity contribution in [2.24, 2.45) is 5.14 Å². The second kappa shape index (κ2) is 8.45. The van der Waals surface area contributed by atoms with Crippen LogP contribution in [-0.4, -0.2) is 45.0 Å². The Morgan fingerprint density at radius 3 is 2.38 bits per heavy atom. The molecular weight excluding hydrogens is 402 g/mol. The average molecular weight is 423 g/mol. The van der Waals surface area contributed by atoms with Crippen LogP contribution in [0.25, 0.3) is 0 Å². The number of hydrogen-bond donors (Lipinski definition) is 3. The average Bonchev–Trinajstić information content (AvgIpc) is 2.94. The Hall–Kier alpha value is -3.18. The third-order valence-corrected chi connectivity index (χ3v) is 5.20. The molecule has 1 amide bonds. The predicted molar refractivity (Wildman–Crippen MR) is 103 cm³/mol. The maximum absolute atomic E-state index is 12.2. The van der Waals surface area contributed by atoms with Crippen LogP contribution in [0.15, 0.2) is 23.1 Å². The molecule has 1 aromatic heterocycles. The number of carbonyl (C=O) groups is 3. The number of aromatic amines is 1. The quantitative estimate of drug-likeness (QED) is 0.588. The first-order valence-corrected chi connectivity index (χ1v) is 9.88. The number of benzene rings is 1. The number of nitrogens with one attached hydrogen (secondary N) is 2. The van der Waals surface area contributed by atoms with E-state index in [4.69, 9.17) is 9.88 Å². The van der Waals surface area contributed by atoms with Gasteiger partial charge in [0.25, 0.3) is 5.91 Å². The Bertz CT molecular complexity index is 1090. The fourth-order valence-corrected chi connectivity index (χ4v) is 3.56. The van der Waals surface area contributed by atoms with E-state index >= 15 is 0 Å². The van der Waals surface area contributed by atoms with Gasteiger partial charge in [-0.3, -0.25) is 4.79 Å². The van der Waals surface area contributed by atoms with Crippen molar-refractivity contribution in [3.05, 3.63) is 46.3 Å². The van der Waals surface area contributed by atoms with Gasteiger partial charge in [-0.2, -0.15) is 0 Å². The van der Waals surface area contributed by atoms with Crippen LogP contribution in [0.1, 0.15) is 37.7 Å². The molecule has 1 aromatic carbocycles. The second-order valence-electron chi connectivity index (χ2n) is 6.27. The van der Waals surface area contributed by atoms with Gasteiger partial charge in [0, 0.05) is 11.4 Å². The van der Waals surface area contributed by atoms with Crippen LogP contribution in [0.4, 0.5) is 5.69 Å². The number of amides is 1. The van der Waals surface area contributed by atoms with Crippen LogP contribution in [-0.2, 0) is 24.3 Å². The molecule has 2 aromatic rings. The molecule has 0 bridgehead atoms. The first kappa shape index (κ1) is 22.1. The zero-order chi connectivity index (χ0) is 21.9. The fourth-order valence-electron chi connectivity index (χ4n) is 2.75. The molecule has 0 aliphatic rings. The van der Waals surface area contributed by atoms with Crippen LogP contribution in [0.2, 0.25) is 0 Å². The summed E-state index contributed by atoms with van der Waals surface area (Å²) >= 11 is 0. The Balaban J connectivity index is 2.07. The third-order valence-electron chi connectivity index (χ3n) is 4.14. The molecule has 0 aliphatic carbocycles. The van der Waals surface area contributed by atoms with Gasteiger partial charge in [-0.1, -0.05) is 6.07 Å². The molecule has 0 aliphatic heterocycles. The van der Waals surface area contributed by atoms with Gasteiger partial charge in [0.15, 0.2) is 6.61 Å². The number of H-pyrrole nitrogens is 1. The van der Waals surface area contributed by atoms with Crippen molar-refractivity contribution < 1.29 is 32.3 Å². The number of ether oxygens (including phenoxy) is 2. The Morgan fingerprint density at radius 1 is 1.14 bits per heavy atom. The number of esters is 2. The van der Waals surface area contributed by atoms with Crippen molar-refractivity contribution >= 4 is 33.6 Å². The summed E-state index contributed by atoms with van der Waals surface area (Å²) in [6, 6.07) is 4.19. The van der Waals surface area contributed by atoms with E-state index in [1.807, 2.05) is 0 Å². The topological polar surface area (TPSA) is 158 Å². The molecule has 0 saturated carbocycles. The van der Waals surface area contributed by atoms with E-state index in [0.717, 1.165) is 0 Å². The van der Waals surface area contributed by atoms with E-state index in [9.17, 15) is 22.8 Å². The highest BCUT2D eigenvalue weighted by Gasteiger charge is 2.24. The first-order chi connectivity index (χ1) is 13.5. The molecule has 29 heavy (non-hydrogen) atoms. The summed E-state index contributed by atoms with van der Waals surface area (Å²) in [4.78, 5) is 38.7. The van der Waals surface area contributed by atoms with E-state index in [0.29, 0.717) is 16.8 Å². The molecule has 0 radical (unpaired) electrons. The lowest BCUT2D eigenvalue weighted by molar-refractivity contribution is -0.119. The number of carbonyl (C=O) groups excluding carboxylic acids is 3. The van der Waals surface area contributed by atoms with Gasteiger partial charge in [-0.25, -0.2) is 23.1 Å². The summed E-state index contributed by atoms with van der Waals surface area (Å²) in [6.07, 6.45) is 0. The monoisotopic (exact) mass is 423 g/mol. The van der Waals surface area contributed by atoms with Crippen molar-refractivity contribution in [1.29, 1.82) is 0 Å². The molecule has 0 fully saturated rings. The fraction of sp³-hybridized carbons (Fsp3) is 0.278. The van der Waals surface area contributed by atoms with Gasteiger partial charge in [-0.15, -0.1) is 0 Å². The minimum Gasteiger partial charge on any atom is -0.465 e. The number of aryl methyl sites for hydroxylation is 2. The van der Waals surface area contributed by atoms with Crippen molar-refractivity contribution in [3.8, 4) is 0 Å². The molecule has 0 unspecified atom stereocenters. The molecule has 4 N–H and O–H groups in total. The summed E-state index contributed by atoms with van der Waals surface area (Å²) in [5.41, 5.74) is 1.63. The number of methoxy groups -OCH3 is 1. The molecule has 2 rings (SSSR count). The number of rotatable bonds is 6. The van der Waals surface area contributed by atoms with Crippen molar-refractivity contribution in [2.45, 2.75) is 25.7 Å². The van der Waals surface area contributed by atoms with Crippen molar-refractivity contribution in [2.75, 3.05) is 19.0 Å². The van der Waals surface area contributed by atoms with Gasteiger partial charge < -0.3 is 19.8 Å².